The molecule has 1 saturated heterocycles. The number of nitrogens with one attached hydrogen (secondary N) is 1. The minimum absolute atomic E-state index is 0.0521. The fourth-order valence-corrected chi connectivity index (χ4v) is 3.60. The van der Waals surface area contributed by atoms with Gasteiger partial charge in [0.1, 0.15) is 12.4 Å². The molecule has 1 aliphatic heterocycles. The number of carbonyl (C=O) groups excluding carboxylic acids is 1. The Bertz CT molecular complexity index is 1140. The average molecular weight is 459 g/mol. The van der Waals surface area contributed by atoms with Crippen molar-refractivity contribution in [2.45, 2.75) is 26.4 Å². The molecule has 2 heterocycles. The van der Waals surface area contributed by atoms with Gasteiger partial charge in [0.05, 0.1) is 10.7 Å². The molecule has 0 saturated carbocycles. The van der Waals surface area contributed by atoms with Crippen molar-refractivity contribution in [3.8, 4) is 5.75 Å². The monoisotopic (exact) mass is 458 g/mol. The van der Waals surface area contributed by atoms with Crippen LogP contribution in [0.2, 0.25) is 10.0 Å². The Morgan fingerprint density at radius 2 is 1.97 bits per heavy atom. The highest BCUT2D eigenvalue weighted by molar-refractivity contribution is 6.34. The molecule has 0 radical (unpaired) electrons. The molecule has 8 nitrogen and oxygen atoms in total. The lowest BCUT2D eigenvalue weighted by Gasteiger charge is -2.18. The van der Waals surface area contributed by atoms with E-state index in [1.165, 1.54) is 0 Å². The highest BCUT2D eigenvalue weighted by Crippen LogP contribution is 2.33. The minimum atomic E-state index is 0.0521. The predicted molar refractivity (Wildman–Crippen MR) is 121 cm³/mol. The van der Waals surface area contributed by atoms with Crippen molar-refractivity contribution >= 4 is 52.4 Å². The molecule has 0 bridgehead atoms. The lowest BCUT2D eigenvalue weighted by Crippen LogP contribution is -2.24. The molecule has 160 valence electrons. The summed E-state index contributed by atoms with van der Waals surface area (Å²) in [6.07, 6.45) is 1.33. The molecule has 0 atom stereocenters. The predicted octanol–water partition coefficient (Wildman–Crippen LogP) is 4.52. The summed E-state index contributed by atoms with van der Waals surface area (Å²) in [7, 11) is 0. The Morgan fingerprint density at radius 3 is 2.71 bits per heavy atom. The first-order valence-corrected chi connectivity index (χ1v) is 10.4. The molecule has 1 fully saturated rings. The Morgan fingerprint density at radius 1 is 1.13 bits per heavy atom. The van der Waals surface area contributed by atoms with Gasteiger partial charge in [-0.3, -0.25) is 4.79 Å². The third-order valence-electron chi connectivity index (χ3n) is 4.78. The van der Waals surface area contributed by atoms with Crippen LogP contribution in [0.3, 0.4) is 0 Å². The maximum atomic E-state index is 12.1. The van der Waals surface area contributed by atoms with Crippen LogP contribution in [0.25, 0.3) is 0 Å². The number of carbonyl (C=O) groups is 1. The molecular weight excluding hydrogens is 439 g/mol. The highest BCUT2D eigenvalue weighted by Gasteiger charge is 2.24. The molecule has 0 spiro atoms. The van der Waals surface area contributed by atoms with E-state index in [0.717, 1.165) is 17.7 Å². The van der Waals surface area contributed by atoms with Gasteiger partial charge in [0, 0.05) is 29.7 Å². The molecule has 0 unspecified atom stereocenters. The summed E-state index contributed by atoms with van der Waals surface area (Å²) in [6, 6.07) is 10.7. The van der Waals surface area contributed by atoms with Crippen molar-refractivity contribution in [3.63, 3.8) is 0 Å². The van der Waals surface area contributed by atoms with Crippen molar-refractivity contribution in [1.82, 2.24) is 15.0 Å². The van der Waals surface area contributed by atoms with Gasteiger partial charge in [-0.25, -0.2) is 0 Å². The van der Waals surface area contributed by atoms with E-state index in [1.54, 1.807) is 29.2 Å². The molecule has 3 aromatic rings. The van der Waals surface area contributed by atoms with Gasteiger partial charge in [-0.1, -0.05) is 29.3 Å². The second kappa shape index (κ2) is 8.95. The zero-order valence-corrected chi connectivity index (χ0v) is 18.2. The normalized spacial score (nSPS) is 13.5. The Hall–Kier alpha value is -3.10. The van der Waals surface area contributed by atoms with Crippen LogP contribution in [0.15, 0.2) is 36.4 Å². The van der Waals surface area contributed by atoms with Gasteiger partial charge in [-0.05, 0) is 43.2 Å². The van der Waals surface area contributed by atoms with E-state index in [2.05, 4.69) is 20.3 Å². The van der Waals surface area contributed by atoms with Crippen molar-refractivity contribution in [1.29, 1.82) is 0 Å². The van der Waals surface area contributed by atoms with E-state index in [4.69, 9.17) is 33.7 Å². The zero-order chi connectivity index (χ0) is 22.0. The number of anilines is 4. The zero-order valence-electron chi connectivity index (χ0n) is 16.7. The highest BCUT2D eigenvalue weighted by atomic mass is 35.5. The second-order valence-electron chi connectivity index (χ2n) is 7.07. The van der Waals surface area contributed by atoms with E-state index in [-0.39, 0.29) is 24.4 Å². The third-order valence-corrected chi connectivity index (χ3v) is 5.50. The number of hydrogen-bond donors (Lipinski definition) is 2. The number of aromatic nitrogens is 3. The molecule has 2 aromatic carbocycles. The van der Waals surface area contributed by atoms with Gasteiger partial charge >= 0.3 is 0 Å². The average Bonchev–Trinajstić information content (AvgIpc) is 3.15. The van der Waals surface area contributed by atoms with E-state index >= 15 is 0 Å². The van der Waals surface area contributed by atoms with Crippen molar-refractivity contribution in [2.24, 2.45) is 0 Å². The summed E-state index contributed by atoms with van der Waals surface area (Å²) in [5, 5.41) is 4.19. The largest absolute Gasteiger partial charge is 0.486 e. The quantitative estimate of drug-likeness (QED) is 0.558. The number of aryl methyl sites for hydroxylation is 1. The summed E-state index contributed by atoms with van der Waals surface area (Å²) in [5.41, 5.74) is 8.16. The summed E-state index contributed by atoms with van der Waals surface area (Å²) < 4.78 is 5.82. The van der Waals surface area contributed by atoms with Crippen LogP contribution in [-0.2, 0) is 11.4 Å². The van der Waals surface area contributed by atoms with Gasteiger partial charge in [-0.15, -0.1) is 0 Å². The van der Waals surface area contributed by atoms with Gasteiger partial charge in [0.15, 0.2) is 5.82 Å². The van der Waals surface area contributed by atoms with Crippen LogP contribution in [0.1, 0.15) is 24.2 Å². The maximum Gasteiger partial charge on any atom is 0.232 e. The first kappa shape index (κ1) is 21.1. The summed E-state index contributed by atoms with van der Waals surface area (Å²) in [5.74, 6) is 1.29. The summed E-state index contributed by atoms with van der Waals surface area (Å²) in [4.78, 5) is 26.3. The van der Waals surface area contributed by atoms with Crippen LogP contribution < -0.4 is 20.7 Å². The van der Waals surface area contributed by atoms with Crippen molar-refractivity contribution in [3.05, 3.63) is 57.8 Å². The van der Waals surface area contributed by atoms with Gasteiger partial charge in [0.2, 0.25) is 17.8 Å². The molecule has 3 N–H and O–H groups in total. The van der Waals surface area contributed by atoms with E-state index in [9.17, 15) is 4.79 Å². The topological polar surface area (TPSA) is 106 Å². The molecule has 10 heteroatoms. The van der Waals surface area contributed by atoms with E-state index in [1.807, 2.05) is 19.1 Å². The summed E-state index contributed by atoms with van der Waals surface area (Å²) >= 11 is 12.4. The lowest BCUT2D eigenvalue weighted by atomic mass is 10.2. The van der Waals surface area contributed by atoms with Gasteiger partial charge in [-0.2, -0.15) is 15.0 Å². The fraction of sp³-hybridized carbons (Fsp3) is 0.238. The van der Waals surface area contributed by atoms with Gasteiger partial charge < -0.3 is 20.7 Å². The standard InChI is InChI=1S/C21H20Cl2N6O2/c1-12-4-5-13(9-16(12)23)25-21-27-18(26-20(24)28-21)11-31-14-6-7-15(22)17(10-14)29-8-2-3-19(29)30/h4-7,9-10H,2-3,8,11H2,1H3,(H3,24,25,26,27,28). The molecule has 31 heavy (non-hydrogen) atoms. The summed E-state index contributed by atoms with van der Waals surface area (Å²) in [6.45, 7) is 2.62. The first-order valence-electron chi connectivity index (χ1n) is 9.65. The maximum absolute atomic E-state index is 12.1. The Balaban J connectivity index is 1.48. The van der Waals surface area contributed by atoms with E-state index < -0.39 is 0 Å². The number of nitrogen functional groups attached to an aromatic ring is 1. The number of hydrogen-bond acceptors (Lipinski definition) is 7. The SMILES string of the molecule is Cc1ccc(Nc2nc(N)nc(COc3ccc(Cl)c(N4CCCC4=O)c3)n2)cc1Cl. The molecule has 4 rings (SSSR count). The van der Waals surface area contributed by atoms with Crippen molar-refractivity contribution < 1.29 is 9.53 Å². The van der Waals surface area contributed by atoms with Crippen LogP contribution in [0.5, 0.6) is 5.75 Å². The number of nitrogens with zero attached hydrogens (tertiary/aromatic N) is 4. The molecular formula is C21H20Cl2N6O2. The van der Waals surface area contributed by atoms with Crippen LogP contribution in [0, 0.1) is 6.92 Å². The smallest absolute Gasteiger partial charge is 0.232 e. The van der Waals surface area contributed by atoms with Crippen molar-refractivity contribution in [2.75, 3.05) is 22.5 Å². The van der Waals surface area contributed by atoms with E-state index in [0.29, 0.717) is 40.3 Å². The third kappa shape index (κ3) is 4.98. The van der Waals surface area contributed by atoms with Crippen LogP contribution >= 0.6 is 23.2 Å². The molecule has 1 aromatic heterocycles. The molecule has 0 aliphatic carbocycles. The Labute approximate surface area is 189 Å². The first-order chi connectivity index (χ1) is 14.9. The van der Waals surface area contributed by atoms with Crippen LogP contribution in [-0.4, -0.2) is 27.4 Å². The number of nitrogens with two attached hydrogens (primary N) is 1. The minimum Gasteiger partial charge on any atom is -0.486 e. The number of halogens is 2. The number of rotatable bonds is 6. The van der Waals surface area contributed by atoms with Crippen LogP contribution in [0.4, 0.5) is 23.3 Å². The molecule has 1 aliphatic rings. The number of benzene rings is 2. The fourth-order valence-electron chi connectivity index (χ4n) is 3.20. The number of ether oxygens (including phenoxy) is 1. The van der Waals surface area contributed by atoms with Gasteiger partial charge in [0.25, 0.3) is 0 Å². The second-order valence-corrected chi connectivity index (χ2v) is 7.89. The Kier molecular flexibility index (Phi) is 6.11. The number of amides is 1. The lowest BCUT2D eigenvalue weighted by molar-refractivity contribution is -0.117. The molecule has 1 amide bonds.